The van der Waals surface area contributed by atoms with Crippen LogP contribution >= 0.6 is 0 Å². The van der Waals surface area contributed by atoms with Crippen LogP contribution in [0.5, 0.6) is 23.0 Å². The number of carbonyl (C=O) groups is 4. The summed E-state index contributed by atoms with van der Waals surface area (Å²) >= 11 is 0. The molecule has 246 valence electrons. The topological polar surface area (TPSA) is 125 Å². The first kappa shape index (κ1) is 35.8. The third-order valence-corrected chi connectivity index (χ3v) is 7.51. The van der Waals surface area contributed by atoms with Crippen LogP contribution in [0, 0.1) is 0 Å². The number of ketones is 2. The standard InChI is InChI=1S/C37H44O9/c1-5-7-10-16-28(38)18-26-20-30(43-3)22-32(40)34(26)37(42)46-31-21-27(19-29(39)17-11-8-6-2)35(33(23-31)44-4)36(41)45-24-25-14-12-9-13-15-25/h9,12-15,20-23,40H,5-8,10-11,16-19,24H2,1-4H3. The van der Waals surface area contributed by atoms with Crippen LogP contribution in [0.2, 0.25) is 0 Å². The van der Waals surface area contributed by atoms with Crippen LogP contribution in [0.4, 0.5) is 0 Å². The molecule has 0 saturated heterocycles. The number of hydrogen-bond acceptors (Lipinski definition) is 9. The van der Waals surface area contributed by atoms with Gasteiger partial charge in [0.2, 0.25) is 0 Å². The molecule has 3 aromatic rings. The second-order valence-electron chi connectivity index (χ2n) is 11.1. The summed E-state index contributed by atoms with van der Waals surface area (Å²) in [6.45, 7) is 4.10. The molecule has 0 aliphatic carbocycles. The van der Waals surface area contributed by atoms with Gasteiger partial charge in [-0.2, -0.15) is 0 Å². The minimum atomic E-state index is -0.918. The molecule has 0 aliphatic heterocycles. The van der Waals surface area contributed by atoms with Crippen LogP contribution in [0.3, 0.4) is 0 Å². The van der Waals surface area contributed by atoms with Crippen molar-refractivity contribution in [3.8, 4) is 23.0 Å². The van der Waals surface area contributed by atoms with Gasteiger partial charge in [0, 0.05) is 37.8 Å². The lowest BCUT2D eigenvalue weighted by Crippen LogP contribution is -2.16. The average molecular weight is 633 g/mol. The van der Waals surface area contributed by atoms with E-state index >= 15 is 0 Å². The molecule has 0 bridgehead atoms. The van der Waals surface area contributed by atoms with E-state index in [0.717, 1.165) is 37.7 Å². The summed E-state index contributed by atoms with van der Waals surface area (Å²) in [6, 6.07) is 14.8. The van der Waals surface area contributed by atoms with Crippen LogP contribution in [0.15, 0.2) is 54.6 Å². The van der Waals surface area contributed by atoms with Crippen LogP contribution in [0.25, 0.3) is 0 Å². The van der Waals surface area contributed by atoms with E-state index in [-0.39, 0.29) is 70.5 Å². The first-order chi connectivity index (χ1) is 22.2. The molecule has 9 nitrogen and oxygen atoms in total. The highest BCUT2D eigenvalue weighted by Crippen LogP contribution is 2.34. The summed E-state index contributed by atoms with van der Waals surface area (Å²) in [5.41, 5.74) is 1.23. The number of Topliss-reactive ketones (excluding diaryl/α,β-unsaturated/α-hetero) is 2. The maximum Gasteiger partial charge on any atom is 0.347 e. The van der Waals surface area contributed by atoms with E-state index in [0.29, 0.717) is 19.3 Å². The molecule has 3 aromatic carbocycles. The van der Waals surface area contributed by atoms with Crippen LogP contribution in [-0.2, 0) is 33.8 Å². The smallest absolute Gasteiger partial charge is 0.347 e. The first-order valence-corrected chi connectivity index (χ1v) is 15.8. The summed E-state index contributed by atoms with van der Waals surface area (Å²) in [6.07, 6.45) is 5.63. The van der Waals surface area contributed by atoms with Gasteiger partial charge < -0.3 is 24.1 Å². The van der Waals surface area contributed by atoms with Gasteiger partial charge >= 0.3 is 11.9 Å². The molecular weight excluding hydrogens is 588 g/mol. The van der Waals surface area contributed by atoms with Crippen molar-refractivity contribution in [3.63, 3.8) is 0 Å². The Labute approximate surface area is 270 Å². The molecule has 46 heavy (non-hydrogen) atoms. The fourth-order valence-corrected chi connectivity index (χ4v) is 5.09. The van der Waals surface area contributed by atoms with Crippen LogP contribution in [-0.4, -0.2) is 42.8 Å². The molecule has 0 atom stereocenters. The predicted molar refractivity (Wildman–Crippen MR) is 174 cm³/mol. The highest BCUT2D eigenvalue weighted by Gasteiger charge is 2.26. The van der Waals surface area contributed by atoms with E-state index < -0.39 is 17.7 Å². The average Bonchev–Trinajstić information content (AvgIpc) is 3.03. The predicted octanol–water partition coefficient (Wildman–Crippen LogP) is 7.37. The lowest BCUT2D eigenvalue weighted by atomic mass is 9.97. The van der Waals surface area contributed by atoms with Gasteiger partial charge in [0.15, 0.2) is 0 Å². The Balaban J connectivity index is 1.96. The number of aromatic hydroxyl groups is 1. The van der Waals surface area contributed by atoms with E-state index in [1.165, 1.54) is 38.5 Å². The van der Waals surface area contributed by atoms with Gasteiger partial charge in [-0.15, -0.1) is 0 Å². The number of phenolic OH excluding ortho intramolecular Hbond substituents is 1. The maximum atomic E-state index is 13.5. The van der Waals surface area contributed by atoms with E-state index in [1.807, 2.05) is 44.2 Å². The fourth-order valence-electron chi connectivity index (χ4n) is 5.09. The number of esters is 2. The zero-order chi connectivity index (χ0) is 33.5. The van der Waals surface area contributed by atoms with E-state index in [2.05, 4.69) is 0 Å². The Kier molecular flexibility index (Phi) is 14.3. The Hall–Kier alpha value is -4.66. The van der Waals surface area contributed by atoms with Gasteiger partial charge in [0.25, 0.3) is 0 Å². The van der Waals surface area contributed by atoms with E-state index in [1.54, 1.807) is 0 Å². The molecule has 0 amide bonds. The van der Waals surface area contributed by atoms with Gasteiger partial charge in [-0.1, -0.05) is 69.9 Å². The highest BCUT2D eigenvalue weighted by atomic mass is 16.5. The molecule has 0 aromatic heterocycles. The molecule has 3 rings (SSSR count). The fraction of sp³-hybridized carbons (Fsp3) is 0.405. The summed E-state index contributed by atoms with van der Waals surface area (Å²) in [4.78, 5) is 52.6. The lowest BCUT2D eigenvalue weighted by Gasteiger charge is -2.17. The number of hydrogen-bond donors (Lipinski definition) is 1. The molecule has 0 fully saturated rings. The number of unbranched alkanes of at least 4 members (excludes halogenated alkanes) is 4. The van der Waals surface area contributed by atoms with Crippen molar-refractivity contribution in [3.05, 3.63) is 82.4 Å². The highest BCUT2D eigenvalue weighted by molar-refractivity contribution is 5.99. The summed E-state index contributed by atoms with van der Waals surface area (Å²) in [7, 11) is 2.78. The van der Waals surface area contributed by atoms with Crippen molar-refractivity contribution < 1.29 is 43.2 Å². The quantitative estimate of drug-likeness (QED) is 0.0819. The summed E-state index contributed by atoms with van der Waals surface area (Å²) < 4.78 is 22.1. The molecule has 0 spiro atoms. The van der Waals surface area contributed by atoms with Crippen molar-refractivity contribution in [2.75, 3.05) is 14.2 Å². The van der Waals surface area contributed by atoms with Crippen molar-refractivity contribution in [1.82, 2.24) is 0 Å². The van der Waals surface area contributed by atoms with Gasteiger partial charge in [-0.05, 0) is 41.7 Å². The first-order valence-electron chi connectivity index (χ1n) is 15.8. The molecule has 1 N–H and O–H groups in total. The Morgan fingerprint density at radius 1 is 0.674 bits per heavy atom. The maximum absolute atomic E-state index is 13.5. The zero-order valence-corrected chi connectivity index (χ0v) is 27.2. The number of rotatable bonds is 19. The van der Waals surface area contributed by atoms with E-state index in [4.69, 9.17) is 18.9 Å². The van der Waals surface area contributed by atoms with Crippen LogP contribution in [0.1, 0.15) is 103 Å². The normalized spacial score (nSPS) is 10.7. The molecular formula is C37H44O9. The van der Waals surface area contributed by atoms with E-state index in [9.17, 15) is 24.3 Å². The van der Waals surface area contributed by atoms with Gasteiger partial charge in [0.1, 0.15) is 52.3 Å². The zero-order valence-electron chi connectivity index (χ0n) is 27.2. The van der Waals surface area contributed by atoms with Gasteiger partial charge in [-0.3, -0.25) is 9.59 Å². The molecule has 0 heterocycles. The summed E-state index contributed by atoms with van der Waals surface area (Å²) in [5.74, 6) is -1.84. The second kappa shape index (κ2) is 18.3. The molecule has 0 unspecified atom stereocenters. The number of ether oxygens (including phenoxy) is 4. The Morgan fingerprint density at radius 2 is 1.26 bits per heavy atom. The Bertz CT molecular complexity index is 1490. The van der Waals surface area contributed by atoms with Gasteiger partial charge in [-0.25, -0.2) is 9.59 Å². The lowest BCUT2D eigenvalue weighted by molar-refractivity contribution is -0.119. The Morgan fingerprint density at radius 3 is 1.83 bits per heavy atom. The molecule has 9 heteroatoms. The van der Waals surface area contributed by atoms with Crippen LogP contribution < -0.4 is 14.2 Å². The van der Waals surface area contributed by atoms with Crippen molar-refractivity contribution in [1.29, 1.82) is 0 Å². The molecule has 0 radical (unpaired) electrons. The van der Waals surface area contributed by atoms with Crippen molar-refractivity contribution in [2.24, 2.45) is 0 Å². The third kappa shape index (κ3) is 10.5. The molecule has 0 saturated carbocycles. The largest absolute Gasteiger partial charge is 0.507 e. The van der Waals surface area contributed by atoms with Gasteiger partial charge in [0.05, 0.1) is 14.2 Å². The monoisotopic (exact) mass is 632 g/mol. The second-order valence-corrected chi connectivity index (χ2v) is 11.1. The molecule has 0 aliphatic rings. The number of methoxy groups -OCH3 is 2. The third-order valence-electron chi connectivity index (χ3n) is 7.51. The van der Waals surface area contributed by atoms with Crippen molar-refractivity contribution in [2.45, 2.75) is 84.7 Å². The summed E-state index contributed by atoms with van der Waals surface area (Å²) in [5, 5.41) is 10.8. The minimum Gasteiger partial charge on any atom is -0.507 e. The minimum absolute atomic E-state index is 0.00624. The number of benzene rings is 3. The van der Waals surface area contributed by atoms with Crippen molar-refractivity contribution >= 4 is 23.5 Å². The number of carbonyl (C=O) groups excluding carboxylic acids is 4. The SMILES string of the molecule is CCCCCC(=O)Cc1cc(OC)cc(O)c1C(=O)Oc1cc(CC(=O)CCCCC)c(C(=O)OCc2ccccc2)c(OC)c1. The number of phenols is 1.